The molecule has 7 nitrogen and oxygen atoms in total. The first-order valence-electron chi connectivity index (χ1n) is 9.27. The molecule has 30 heavy (non-hydrogen) atoms. The third kappa shape index (κ3) is 3.15. The van der Waals surface area contributed by atoms with Gasteiger partial charge in [-0.2, -0.15) is 0 Å². The zero-order chi connectivity index (χ0) is 21.5. The van der Waals surface area contributed by atoms with Crippen molar-refractivity contribution in [3.63, 3.8) is 0 Å². The Bertz CT molecular complexity index is 1400. The van der Waals surface area contributed by atoms with Crippen LogP contribution in [0.4, 0.5) is 5.69 Å². The van der Waals surface area contributed by atoms with E-state index < -0.39 is 15.6 Å². The van der Waals surface area contributed by atoms with Crippen molar-refractivity contribution in [3.8, 4) is 11.4 Å². The smallest absolute Gasteiger partial charge is 0.296 e. The van der Waals surface area contributed by atoms with Gasteiger partial charge in [0.25, 0.3) is 15.6 Å². The summed E-state index contributed by atoms with van der Waals surface area (Å²) in [6, 6.07) is 19.2. The molecule has 1 N–H and O–H groups in total. The first-order chi connectivity index (χ1) is 14.3. The highest BCUT2D eigenvalue weighted by Gasteiger charge is 2.24. The Balaban J connectivity index is 1.85. The van der Waals surface area contributed by atoms with Gasteiger partial charge in [-0.15, -0.1) is 0 Å². The van der Waals surface area contributed by atoms with Crippen LogP contribution < -0.4 is 15.0 Å². The molecule has 0 atom stereocenters. The van der Waals surface area contributed by atoms with Crippen LogP contribution in [0, 0.1) is 6.92 Å². The second-order valence-corrected chi connectivity index (χ2v) is 8.50. The van der Waals surface area contributed by atoms with Gasteiger partial charge in [-0.3, -0.25) is 14.2 Å². The van der Waals surface area contributed by atoms with Gasteiger partial charge in [-0.25, -0.2) is 13.1 Å². The van der Waals surface area contributed by atoms with Crippen LogP contribution >= 0.6 is 0 Å². The zero-order valence-corrected chi connectivity index (χ0v) is 17.6. The Morgan fingerprint density at radius 1 is 0.900 bits per heavy atom. The number of hydrogen-bond donors (Lipinski definition) is 1. The fourth-order valence-corrected chi connectivity index (χ4v) is 4.86. The monoisotopic (exact) mass is 423 g/mol. The first kappa shape index (κ1) is 19.8. The van der Waals surface area contributed by atoms with Gasteiger partial charge >= 0.3 is 0 Å². The molecule has 4 rings (SSSR count). The number of hydrogen-bond acceptors (Lipinski definition) is 4. The molecule has 3 aromatic carbocycles. The standard InChI is InChI=1S/C22H21N3O4S/c1-15-21(22(26)25(24(15)2)16-9-5-4-6-10-16)23-30(27,28)20-14-13-19(29-3)17-11-7-8-12-18(17)20/h4-14,23H,1-3H3. The predicted molar refractivity (Wildman–Crippen MR) is 117 cm³/mol. The molecule has 0 saturated carbocycles. The van der Waals surface area contributed by atoms with Crippen molar-refractivity contribution in [2.24, 2.45) is 7.05 Å². The number of methoxy groups -OCH3 is 1. The van der Waals surface area contributed by atoms with Gasteiger partial charge in [0, 0.05) is 17.8 Å². The quantitative estimate of drug-likeness (QED) is 0.533. The van der Waals surface area contributed by atoms with E-state index in [1.807, 2.05) is 24.3 Å². The van der Waals surface area contributed by atoms with Crippen LogP contribution in [0.2, 0.25) is 0 Å². The van der Waals surface area contributed by atoms with Gasteiger partial charge in [-0.05, 0) is 31.2 Å². The van der Waals surface area contributed by atoms with Crippen LogP contribution in [0.5, 0.6) is 5.75 Å². The maximum absolute atomic E-state index is 13.3. The molecule has 0 aliphatic rings. The maximum Gasteiger partial charge on any atom is 0.296 e. The lowest BCUT2D eigenvalue weighted by molar-refractivity contribution is 0.419. The molecule has 4 aromatic rings. The molecular weight excluding hydrogens is 402 g/mol. The van der Waals surface area contributed by atoms with Crippen molar-refractivity contribution in [2.75, 3.05) is 11.8 Å². The van der Waals surface area contributed by atoms with Gasteiger partial charge in [0.1, 0.15) is 11.4 Å². The third-order valence-electron chi connectivity index (χ3n) is 5.14. The van der Waals surface area contributed by atoms with Crippen LogP contribution in [-0.2, 0) is 17.1 Å². The van der Waals surface area contributed by atoms with Gasteiger partial charge in [0.05, 0.1) is 23.4 Å². The van der Waals surface area contributed by atoms with Crippen molar-refractivity contribution in [1.29, 1.82) is 0 Å². The van der Waals surface area contributed by atoms with E-state index in [4.69, 9.17) is 4.74 Å². The number of para-hydroxylation sites is 1. The van der Waals surface area contributed by atoms with Crippen molar-refractivity contribution in [2.45, 2.75) is 11.8 Å². The SMILES string of the molecule is COc1ccc(S(=O)(=O)Nc2c(C)n(C)n(-c3ccccc3)c2=O)c2ccccc12. The summed E-state index contributed by atoms with van der Waals surface area (Å²) < 4.78 is 37.4. The second kappa shape index (κ2) is 7.38. The number of anilines is 1. The lowest BCUT2D eigenvalue weighted by Crippen LogP contribution is -2.23. The first-order valence-corrected chi connectivity index (χ1v) is 10.8. The summed E-state index contributed by atoms with van der Waals surface area (Å²) in [4.78, 5) is 13.2. The van der Waals surface area contributed by atoms with E-state index in [9.17, 15) is 13.2 Å². The second-order valence-electron chi connectivity index (χ2n) is 6.85. The van der Waals surface area contributed by atoms with E-state index in [0.29, 0.717) is 27.9 Å². The van der Waals surface area contributed by atoms with Gasteiger partial charge in [0.2, 0.25) is 0 Å². The summed E-state index contributed by atoms with van der Waals surface area (Å²) in [5.74, 6) is 0.576. The molecule has 0 unspecified atom stereocenters. The summed E-state index contributed by atoms with van der Waals surface area (Å²) in [6.07, 6.45) is 0. The van der Waals surface area contributed by atoms with Crippen molar-refractivity contribution in [3.05, 3.63) is 82.8 Å². The zero-order valence-electron chi connectivity index (χ0n) is 16.8. The minimum atomic E-state index is -4.03. The van der Waals surface area contributed by atoms with Crippen LogP contribution in [0.15, 0.2) is 76.4 Å². The molecule has 0 aliphatic carbocycles. The predicted octanol–water partition coefficient (Wildman–Crippen LogP) is 3.45. The Morgan fingerprint density at radius 3 is 2.20 bits per heavy atom. The minimum absolute atomic E-state index is 0.0150. The highest BCUT2D eigenvalue weighted by molar-refractivity contribution is 7.93. The van der Waals surface area contributed by atoms with Crippen LogP contribution in [0.25, 0.3) is 16.5 Å². The molecule has 0 spiro atoms. The Hall–Kier alpha value is -3.52. The maximum atomic E-state index is 13.3. The lowest BCUT2D eigenvalue weighted by atomic mass is 10.1. The van der Waals surface area contributed by atoms with E-state index in [-0.39, 0.29) is 10.6 Å². The topological polar surface area (TPSA) is 82.3 Å². The van der Waals surface area contributed by atoms with E-state index >= 15 is 0 Å². The van der Waals surface area contributed by atoms with Crippen LogP contribution in [0.1, 0.15) is 5.69 Å². The van der Waals surface area contributed by atoms with Gasteiger partial charge in [-0.1, -0.05) is 42.5 Å². The van der Waals surface area contributed by atoms with Crippen LogP contribution in [-0.4, -0.2) is 24.9 Å². The number of sulfonamides is 1. The normalized spacial score (nSPS) is 11.6. The molecule has 0 aliphatic heterocycles. The average Bonchev–Trinajstić information content (AvgIpc) is 2.96. The fourth-order valence-electron chi connectivity index (χ4n) is 3.53. The third-order valence-corrected chi connectivity index (χ3v) is 6.55. The van der Waals surface area contributed by atoms with Crippen molar-refractivity contribution in [1.82, 2.24) is 9.36 Å². The molecule has 0 amide bonds. The van der Waals surface area contributed by atoms with Gasteiger partial charge in [0.15, 0.2) is 0 Å². The molecule has 8 heteroatoms. The molecule has 154 valence electrons. The molecular formula is C22H21N3O4S. The van der Waals surface area contributed by atoms with E-state index in [2.05, 4.69) is 4.72 Å². The summed E-state index contributed by atoms with van der Waals surface area (Å²) >= 11 is 0. The van der Waals surface area contributed by atoms with E-state index in [0.717, 1.165) is 0 Å². The summed E-state index contributed by atoms with van der Waals surface area (Å²) in [7, 11) is -0.780. The number of nitrogens with one attached hydrogen (secondary N) is 1. The fraction of sp³-hybridized carbons (Fsp3) is 0.136. The lowest BCUT2D eigenvalue weighted by Gasteiger charge is -2.12. The Kier molecular flexibility index (Phi) is 4.87. The van der Waals surface area contributed by atoms with Crippen molar-refractivity contribution >= 4 is 26.5 Å². The number of benzene rings is 3. The van der Waals surface area contributed by atoms with Crippen LogP contribution in [0.3, 0.4) is 0 Å². The molecule has 1 heterocycles. The molecule has 0 saturated heterocycles. The minimum Gasteiger partial charge on any atom is -0.496 e. The summed E-state index contributed by atoms with van der Waals surface area (Å²) in [5.41, 5.74) is 0.725. The van der Waals surface area contributed by atoms with E-state index in [1.165, 1.54) is 17.9 Å². The number of fused-ring (bicyclic) bond motifs is 1. The number of ether oxygens (including phenoxy) is 1. The Morgan fingerprint density at radius 2 is 1.53 bits per heavy atom. The largest absolute Gasteiger partial charge is 0.496 e. The number of rotatable bonds is 5. The van der Waals surface area contributed by atoms with E-state index in [1.54, 1.807) is 55.1 Å². The highest BCUT2D eigenvalue weighted by atomic mass is 32.2. The summed E-state index contributed by atoms with van der Waals surface area (Å²) in [6.45, 7) is 1.70. The highest BCUT2D eigenvalue weighted by Crippen LogP contribution is 2.31. The number of aromatic nitrogens is 2. The molecule has 0 radical (unpaired) electrons. The number of nitrogens with zero attached hydrogens (tertiary/aromatic N) is 2. The van der Waals surface area contributed by atoms with Gasteiger partial charge < -0.3 is 4.74 Å². The molecule has 1 aromatic heterocycles. The summed E-state index contributed by atoms with van der Waals surface area (Å²) in [5, 5.41) is 1.19. The molecule has 0 bridgehead atoms. The molecule has 0 fully saturated rings. The Labute approximate surface area is 174 Å². The average molecular weight is 423 g/mol. The van der Waals surface area contributed by atoms with Crippen molar-refractivity contribution < 1.29 is 13.2 Å².